The van der Waals surface area contributed by atoms with Crippen LogP contribution in [-0.4, -0.2) is 31.7 Å². The lowest BCUT2D eigenvalue weighted by atomic mass is 9.97. The number of carbonyl (C=O) groups excluding carboxylic acids is 1. The van der Waals surface area contributed by atoms with Gasteiger partial charge in [-0.1, -0.05) is 12.1 Å². The molecule has 0 aliphatic carbocycles. The summed E-state index contributed by atoms with van der Waals surface area (Å²) in [5.74, 6) is -0.236. The van der Waals surface area contributed by atoms with Crippen molar-refractivity contribution >= 4 is 29.7 Å². The van der Waals surface area contributed by atoms with Crippen molar-refractivity contribution in [1.82, 2.24) is 5.32 Å². The third kappa shape index (κ3) is 5.73. The van der Waals surface area contributed by atoms with Gasteiger partial charge in [0.05, 0.1) is 11.4 Å². The SMILES string of the molecule is Cl.O=C(Nc1ccccc1NCC(F)(F)F)C1CCNCC1. The second-order valence-corrected chi connectivity index (χ2v) is 5.03. The van der Waals surface area contributed by atoms with E-state index >= 15 is 0 Å². The number of benzene rings is 1. The van der Waals surface area contributed by atoms with Gasteiger partial charge in [0.1, 0.15) is 6.54 Å². The monoisotopic (exact) mass is 337 g/mol. The first-order valence-electron chi connectivity index (χ1n) is 6.87. The highest BCUT2D eigenvalue weighted by atomic mass is 35.5. The molecule has 1 aliphatic heterocycles. The zero-order chi connectivity index (χ0) is 15.3. The number of piperidine rings is 1. The highest BCUT2D eigenvalue weighted by Gasteiger charge is 2.27. The Labute approximate surface area is 133 Å². The van der Waals surface area contributed by atoms with Crippen LogP contribution < -0.4 is 16.0 Å². The Morgan fingerprint density at radius 1 is 1.18 bits per heavy atom. The summed E-state index contributed by atoms with van der Waals surface area (Å²) in [5.41, 5.74) is 0.655. The van der Waals surface area contributed by atoms with E-state index < -0.39 is 12.7 Å². The topological polar surface area (TPSA) is 53.2 Å². The molecule has 1 fully saturated rings. The highest BCUT2D eigenvalue weighted by molar-refractivity contribution is 5.95. The molecule has 0 saturated carbocycles. The van der Waals surface area contributed by atoms with Crippen molar-refractivity contribution < 1.29 is 18.0 Å². The van der Waals surface area contributed by atoms with Crippen molar-refractivity contribution in [1.29, 1.82) is 0 Å². The fourth-order valence-electron chi connectivity index (χ4n) is 2.26. The molecule has 2 rings (SSSR count). The first kappa shape index (κ1) is 18.6. The summed E-state index contributed by atoms with van der Waals surface area (Å²) in [6.45, 7) is 0.436. The maximum absolute atomic E-state index is 12.3. The van der Waals surface area contributed by atoms with Crippen molar-refractivity contribution in [2.24, 2.45) is 5.92 Å². The Hall–Kier alpha value is -1.47. The van der Waals surface area contributed by atoms with Gasteiger partial charge in [0.25, 0.3) is 0 Å². The van der Waals surface area contributed by atoms with E-state index in [0.29, 0.717) is 5.69 Å². The third-order valence-corrected chi connectivity index (χ3v) is 3.37. The van der Waals surface area contributed by atoms with Crippen LogP contribution in [0.15, 0.2) is 24.3 Å². The van der Waals surface area contributed by atoms with Gasteiger partial charge in [0, 0.05) is 5.92 Å². The molecule has 1 aliphatic rings. The molecule has 22 heavy (non-hydrogen) atoms. The number of nitrogens with one attached hydrogen (secondary N) is 3. The Balaban J connectivity index is 0.00000242. The zero-order valence-corrected chi connectivity index (χ0v) is 12.7. The number of hydrogen-bond donors (Lipinski definition) is 3. The van der Waals surface area contributed by atoms with Gasteiger partial charge in [-0.3, -0.25) is 4.79 Å². The second kappa shape index (κ2) is 8.24. The standard InChI is InChI=1S/C14H18F3N3O.ClH/c15-14(16,17)9-19-11-3-1-2-4-12(11)20-13(21)10-5-7-18-8-6-10;/h1-4,10,18-19H,5-9H2,(H,20,21);1H. The minimum Gasteiger partial charge on any atom is -0.375 e. The van der Waals surface area contributed by atoms with Gasteiger partial charge in [-0.05, 0) is 38.1 Å². The number of para-hydroxylation sites is 2. The first-order chi connectivity index (χ1) is 9.96. The lowest BCUT2D eigenvalue weighted by Gasteiger charge is -2.22. The molecule has 1 heterocycles. The van der Waals surface area contributed by atoms with Crippen LogP contribution in [0.25, 0.3) is 0 Å². The molecule has 1 amide bonds. The average molecular weight is 338 g/mol. The Morgan fingerprint density at radius 3 is 2.36 bits per heavy atom. The van der Waals surface area contributed by atoms with Crippen molar-refractivity contribution in [3.8, 4) is 0 Å². The molecular formula is C14H19ClF3N3O. The summed E-state index contributed by atoms with van der Waals surface area (Å²) in [5, 5.41) is 8.19. The molecular weight excluding hydrogens is 319 g/mol. The maximum atomic E-state index is 12.3. The van der Waals surface area contributed by atoms with Crippen LogP contribution in [-0.2, 0) is 4.79 Å². The van der Waals surface area contributed by atoms with Crippen LogP contribution in [0.1, 0.15) is 12.8 Å². The minimum absolute atomic E-state index is 0. The molecule has 8 heteroatoms. The number of hydrogen-bond acceptors (Lipinski definition) is 3. The van der Waals surface area contributed by atoms with E-state index in [9.17, 15) is 18.0 Å². The highest BCUT2D eigenvalue weighted by Crippen LogP contribution is 2.25. The predicted molar refractivity (Wildman–Crippen MR) is 82.5 cm³/mol. The first-order valence-corrected chi connectivity index (χ1v) is 6.87. The van der Waals surface area contributed by atoms with Gasteiger partial charge in [-0.2, -0.15) is 13.2 Å². The summed E-state index contributed by atoms with van der Waals surface area (Å²) in [7, 11) is 0. The number of amides is 1. The van der Waals surface area contributed by atoms with E-state index in [0.717, 1.165) is 25.9 Å². The largest absolute Gasteiger partial charge is 0.405 e. The quantitative estimate of drug-likeness (QED) is 0.791. The zero-order valence-electron chi connectivity index (χ0n) is 11.9. The van der Waals surface area contributed by atoms with Crippen LogP contribution in [0, 0.1) is 5.92 Å². The van der Waals surface area contributed by atoms with Crippen LogP contribution in [0.5, 0.6) is 0 Å². The van der Waals surface area contributed by atoms with E-state index in [1.807, 2.05) is 0 Å². The average Bonchev–Trinajstić information content (AvgIpc) is 2.46. The summed E-state index contributed by atoms with van der Waals surface area (Å²) < 4.78 is 36.8. The maximum Gasteiger partial charge on any atom is 0.405 e. The normalized spacial score (nSPS) is 15.8. The predicted octanol–water partition coefficient (Wildman–Crippen LogP) is 3.02. The molecule has 3 N–H and O–H groups in total. The summed E-state index contributed by atoms with van der Waals surface area (Å²) >= 11 is 0. The number of carbonyl (C=O) groups is 1. The van der Waals surface area contributed by atoms with E-state index in [-0.39, 0.29) is 29.9 Å². The molecule has 0 spiro atoms. The van der Waals surface area contributed by atoms with Crippen molar-refractivity contribution in [2.75, 3.05) is 30.3 Å². The molecule has 0 unspecified atom stereocenters. The molecule has 0 aromatic heterocycles. The van der Waals surface area contributed by atoms with Gasteiger partial charge in [0.15, 0.2) is 0 Å². The fourth-order valence-corrected chi connectivity index (χ4v) is 2.26. The van der Waals surface area contributed by atoms with Gasteiger partial charge in [-0.15, -0.1) is 12.4 Å². The lowest BCUT2D eigenvalue weighted by molar-refractivity contribution is -0.120. The van der Waals surface area contributed by atoms with Gasteiger partial charge < -0.3 is 16.0 Å². The molecule has 0 bridgehead atoms. The molecule has 1 aromatic carbocycles. The van der Waals surface area contributed by atoms with E-state index in [1.54, 1.807) is 18.2 Å². The second-order valence-electron chi connectivity index (χ2n) is 5.03. The Kier molecular flexibility index (Phi) is 6.96. The molecule has 124 valence electrons. The van der Waals surface area contributed by atoms with E-state index in [2.05, 4.69) is 16.0 Å². The number of rotatable bonds is 4. The Bertz CT molecular complexity index is 490. The fraction of sp³-hybridized carbons (Fsp3) is 0.500. The number of halogens is 4. The third-order valence-electron chi connectivity index (χ3n) is 3.37. The summed E-state index contributed by atoms with van der Waals surface area (Å²) in [4.78, 5) is 12.1. The summed E-state index contributed by atoms with van der Waals surface area (Å²) in [6.07, 6.45) is -2.82. The molecule has 0 atom stereocenters. The van der Waals surface area contributed by atoms with Crippen LogP contribution in [0.3, 0.4) is 0 Å². The van der Waals surface area contributed by atoms with Crippen molar-refractivity contribution in [3.63, 3.8) is 0 Å². The van der Waals surface area contributed by atoms with Crippen molar-refractivity contribution in [3.05, 3.63) is 24.3 Å². The van der Waals surface area contributed by atoms with Gasteiger partial charge in [0.2, 0.25) is 5.91 Å². The molecule has 1 aromatic rings. The van der Waals surface area contributed by atoms with Crippen LogP contribution in [0.4, 0.5) is 24.5 Å². The molecule has 4 nitrogen and oxygen atoms in total. The van der Waals surface area contributed by atoms with Gasteiger partial charge >= 0.3 is 6.18 Å². The summed E-state index contributed by atoms with van der Waals surface area (Å²) in [6, 6.07) is 6.41. The van der Waals surface area contributed by atoms with Crippen LogP contribution >= 0.6 is 12.4 Å². The van der Waals surface area contributed by atoms with E-state index in [1.165, 1.54) is 6.07 Å². The lowest BCUT2D eigenvalue weighted by Crippen LogP contribution is -2.34. The Morgan fingerprint density at radius 2 is 1.77 bits per heavy atom. The van der Waals surface area contributed by atoms with Gasteiger partial charge in [-0.25, -0.2) is 0 Å². The van der Waals surface area contributed by atoms with Crippen molar-refractivity contribution in [2.45, 2.75) is 19.0 Å². The smallest absolute Gasteiger partial charge is 0.375 e. The van der Waals surface area contributed by atoms with Crippen LogP contribution in [0.2, 0.25) is 0 Å². The molecule has 1 saturated heterocycles. The number of alkyl halides is 3. The molecule has 0 radical (unpaired) electrons. The minimum atomic E-state index is -4.30. The van der Waals surface area contributed by atoms with E-state index in [4.69, 9.17) is 0 Å². The number of anilines is 2.